The van der Waals surface area contributed by atoms with Gasteiger partial charge in [0.05, 0.1) is 11.6 Å². The quantitative estimate of drug-likeness (QED) is 0.674. The van der Waals surface area contributed by atoms with E-state index in [2.05, 4.69) is 15.2 Å². The van der Waals surface area contributed by atoms with E-state index < -0.39 is 17.9 Å². The number of hydrogen-bond donors (Lipinski definition) is 3. The highest BCUT2D eigenvalue weighted by Crippen LogP contribution is 2.20. The zero-order chi connectivity index (χ0) is 18.4. The average molecular weight is 345 g/mol. The highest BCUT2D eigenvalue weighted by atomic mass is 16.3. The van der Waals surface area contributed by atoms with Gasteiger partial charge in [-0.2, -0.15) is 0 Å². The van der Waals surface area contributed by atoms with Crippen LogP contribution in [-0.2, 0) is 16.1 Å². The van der Waals surface area contributed by atoms with Gasteiger partial charge >= 0.3 is 11.8 Å². The molecule has 0 aliphatic heterocycles. The molecule has 136 valence electrons. The highest BCUT2D eigenvalue weighted by Gasteiger charge is 2.19. The molecule has 0 aliphatic carbocycles. The maximum absolute atomic E-state index is 12.1. The first-order chi connectivity index (χ1) is 12.0. The number of aliphatic hydroxyl groups is 1. The van der Waals surface area contributed by atoms with Crippen LogP contribution >= 0.6 is 0 Å². The molecule has 2 rings (SSSR count). The number of aromatic nitrogens is 1. The number of aliphatic hydroxyl groups excluding tert-OH is 1. The Morgan fingerprint density at radius 2 is 1.84 bits per heavy atom. The Morgan fingerprint density at radius 3 is 2.48 bits per heavy atom. The third kappa shape index (κ3) is 4.60. The van der Waals surface area contributed by atoms with E-state index in [1.54, 1.807) is 6.07 Å². The Balaban J connectivity index is 1.95. The zero-order valence-electron chi connectivity index (χ0n) is 15.1. The third-order valence-corrected chi connectivity index (χ3v) is 4.64. The van der Waals surface area contributed by atoms with Gasteiger partial charge in [-0.15, -0.1) is 0 Å². The number of amides is 2. The van der Waals surface area contributed by atoms with E-state index in [1.807, 2.05) is 45.2 Å². The summed E-state index contributed by atoms with van der Waals surface area (Å²) in [4.78, 5) is 24.0. The molecule has 0 saturated carbocycles. The van der Waals surface area contributed by atoms with Gasteiger partial charge in [-0.25, -0.2) is 0 Å². The van der Waals surface area contributed by atoms with Crippen LogP contribution in [0.4, 0.5) is 5.69 Å². The number of fused-ring (bicyclic) bond motifs is 1. The smallest absolute Gasteiger partial charge is 0.313 e. The van der Waals surface area contributed by atoms with Gasteiger partial charge in [0.1, 0.15) is 0 Å². The van der Waals surface area contributed by atoms with E-state index in [-0.39, 0.29) is 12.5 Å². The maximum Gasteiger partial charge on any atom is 0.313 e. The summed E-state index contributed by atoms with van der Waals surface area (Å²) in [7, 11) is 0. The molecule has 0 saturated heterocycles. The van der Waals surface area contributed by atoms with Gasteiger partial charge in [0.25, 0.3) is 0 Å². The van der Waals surface area contributed by atoms with Crippen LogP contribution in [0.25, 0.3) is 10.9 Å². The van der Waals surface area contributed by atoms with Crippen LogP contribution in [-0.4, -0.2) is 34.1 Å². The minimum Gasteiger partial charge on any atom is -0.391 e. The number of aryl methyl sites for hydroxylation is 1. The lowest BCUT2D eigenvalue weighted by atomic mass is 9.96. The molecule has 0 aliphatic rings. The fourth-order valence-corrected chi connectivity index (χ4v) is 3.00. The number of hydrogen-bond acceptors (Lipinski definition) is 3. The predicted octanol–water partition coefficient (Wildman–Crippen LogP) is 2.51. The van der Waals surface area contributed by atoms with Gasteiger partial charge in [0.15, 0.2) is 0 Å². The molecule has 1 heterocycles. The van der Waals surface area contributed by atoms with Gasteiger partial charge in [-0.3, -0.25) is 9.59 Å². The summed E-state index contributed by atoms with van der Waals surface area (Å²) in [6.45, 7) is 6.94. The SMILES string of the molecule is CCC(CC)C(O)CNC(=O)C(=O)Nc1ccc2ccn(CC)c2c1. The third-order valence-electron chi connectivity index (χ3n) is 4.64. The number of nitrogens with one attached hydrogen (secondary N) is 2. The van der Waals surface area contributed by atoms with Crippen molar-refractivity contribution in [3.8, 4) is 0 Å². The maximum atomic E-state index is 12.1. The first-order valence-corrected chi connectivity index (χ1v) is 8.86. The first kappa shape index (κ1) is 19.0. The molecule has 25 heavy (non-hydrogen) atoms. The molecule has 3 N–H and O–H groups in total. The van der Waals surface area contributed by atoms with Crippen molar-refractivity contribution in [2.24, 2.45) is 5.92 Å². The van der Waals surface area contributed by atoms with Gasteiger partial charge in [-0.05, 0) is 36.4 Å². The summed E-state index contributed by atoms with van der Waals surface area (Å²) in [5.74, 6) is -1.35. The van der Waals surface area contributed by atoms with Crippen LogP contribution in [0.3, 0.4) is 0 Å². The number of benzene rings is 1. The Morgan fingerprint density at radius 1 is 1.12 bits per heavy atom. The van der Waals surface area contributed by atoms with Crippen LogP contribution in [0, 0.1) is 5.92 Å². The summed E-state index contributed by atoms with van der Waals surface area (Å²) < 4.78 is 2.07. The first-order valence-electron chi connectivity index (χ1n) is 8.86. The van der Waals surface area contributed by atoms with E-state index in [0.717, 1.165) is 30.3 Å². The van der Waals surface area contributed by atoms with E-state index in [1.165, 1.54) is 0 Å². The van der Waals surface area contributed by atoms with Crippen molar-refractivity contribution in [3.63, 3.8) is 0 Å². The molecular weight excluding hydrogens is 318 g/mol. The van der Waals surface area contributed by atoms with Gasteiger partial charge in [-0.1, -0.05) is 32.8 Å². The van der Waals surface area contributed by atoms with Crippen molar-refractivity contribution in [3.05, 3.63) is 30.5 Å². The van der Waals surface area contributed by atoms with Gasteiger partial charge in [0, 0.05) is 25.0 Å². The standard InChI is InChI=1S/C19H27N3O3/c1-4-13(5-2)17(23)12-20-18(24)19(25)21-15-8-7-14-9-10-22(6-3)16(14)11-15/h7-11,13,17,23H,4-6,12H2,1-3H3,(H,20,24)(H,21,25). The highest BCUT2D eigenvalue weighted by molar-refractivity contribution is 6.39. The monoisotopic (exact) mass is 345 g/mol. The van der Waals surface area contributed by atoms with Crippen molar-refractivity contribution in [1.29, 1.82) is 0 Å². The fourth-order valence-electron chi connectivity index (χ4n) is 3.00. The molecule has 1 aromatic carbocycles. The molecule has 0 spiro atoms. The lowest BCUT2D eigenvalue weighted by Gasteiger charge is -2.20. The van der Waals surface area contributed by atoms with Crippen LogP contribution in [0.15, 0.2) is 30.5 Å². The van der Waals surface area contributed by atoms with E-state index in [4.69, 9.17) is 0 Å². The molecule has 1 unspecified atom stereocenters. The summed E-state index contributed by atoms with van der Waals surface area (Å²) in [6.07, 6.45) is 3.01. The summed E-state index contributed by atoms with van der Waals surface area (Å²) >= 11 is 0. The lowest BCUT2D eigenvalue weighted by molar-refractivity contribution is -0.136. The van der Waals surface area contributed by atoms with E-state index in [0.29, 0.717) is 5.69 Å². The van der Waals surface area contributed by atoms with Crippen molar-refractivity contribution in [1.82, 2.24) is 9.88 Å². The summed E-state index contributed by atoms with van der Waals surface area (Å²) in [6, 6.07) is 7.54. The van der Waals surface area contributed by atoms with Gasteiger partial charge < -0.3 is 20.3 Å². The number of carbonyl (C=O) groups excluding carboxylic acids is 2. The molecule has 2 amide bonds. The summed E-state index contributed by atoms with van der Waals surface area (Å²) in [5, 5.41) is 16.2. The lowest BCUT2D eigenvalue weighted by Crippen LogP contribution is -2.41. The molecule has 6 heteroatoms. The number of carbonyl (C=O) groups is 2. The average Bonchev–Trinajstić information content (AvgIpc) is 3.02. The van der Waals surface area contributed by atoms with Crippen LogP contribution < -0.4 is 10.6 Å². The van der Waals surface area contributed by atoms with Crippen molar-refractivity contribution < 1.29 is 14.7 Å². The predicted molar refractivity (Wildman–Crippen MR) is 99.3 cm³/mol. The van der Waals surface area contributed by atoms with E-state index in [9.17, 15) is 14.7 Å². The number of rotatable bonds is 7. The Labute approximate surface area is 148 Å². The van der Waals surface area contributed by atoms with Crippen molar-refractivity contribution in [2.45, 2.75) is 46.3 Å². The van der Waals surface area contributed by atoms with Crippen molar-refractivity contribution in [2.75, 3.05) is 11.9 Å². The van der Waals surface area contributed by atoms with E-state index >= 15 is 0 Å². The Bertz CT molecular complexity index is 735. The Hall–Kier alpha value is -2.34. The largest absolute Gasteiger partial charge is 0.391 e. The molecular formula is C19H27N3O3. The zero-order valence-corrected chi connectivity index (χ0v) is 15.1. The second kappa shape index (κ2) is 8.67. The normalized spacial score (nSPS) is 12.4. The molecule has 1 aromatic heterocycles. The number of anilines is 1. The molecule has 6 nitrogen and oxygen atoms in total. The Kier molecular flexibility index (Phi) is 6.58. The second-order valence-corrected chi connectivity index (χ2v) is 6.18. The van der Waals surface area contributed by atoms with Gasteiger partial charge in [0.2, 0.25) is 0 Å². The molecule has 2 aromatic rings. The summed E-state index contributed by atoms with van der Waals surface area (Å²) in [5.41, 5.74) is 1.58. The fraction of sp³-hybridized carbons (Fsp3) is 0.474. The number of nitrogens with zero attached hydrogens (tertiary/aromatic N) is 1. The second-order valence-electron chi connectivity index (χ2n) is 6.18. The molecule has 0 fully saturated rings. The topological polar surface area (TPSA) is 83.4 Å². The van der Waals surface area contributed by atoms with Crippen LogP contribution in [0.1, 0.15) is 33.6 Å². The minimum absolute atomic E-state index is 0.0797. The molecule has 1 atom stereocenters. The molecule has 0 bridgehead atoms. The van der Waals surface area contributed by atoms with Crippen LogP contribution in [0.2, 0.25) is 0 Å². The molecule has 0 radical (unpaired) electrons. The minimum atomic E-state index is -0.740. The van der Waals surface area contributed by atoms with Crippen LogP contribution in [0.5, 0.6) is 0 Å². The van der Waals surface area contributed by atoms with Crippen molar-refractivity contribution >= 4 is 28.4 Å².